The Balaban J connectivity index is 1.63. The molecule has 1 aromatic heterocycles. The van der Waals surface area contributed by atoms with Crippen LogP contribution in [0.15, 0.2) is 35.7 Å². The molecule has 0 saturated heterocycles. The molecule has 0 unspecified atom stereocenters. The molecule has 1 amide bonds. The number of aromatic nitrogens is 1. The summed E-state index contributed by atoms with van der Waals surface area (Å²) in [5.41, 5.74) is 1.59. The molecule has 10 nitrogen and oxygen atoms in total. The van der Waals surface area contributed by atoms with Gasteiger partial charge >= 0.3 is 5.97 Å². The summed E-state index contributed by atoms with van der Waals surface area (Å²) in [5.74, 6) is 0.843. The van der Waals surface area contributed by atoms with E-state index in [0.717, 1.165) is 5.56 Å². The predicted octanol–water partition coefficient (Wildman–Crippen LogP) is 3.65. The number of hydrogen-bond donors (Lipinski definition) is 1. The number of nitrogens with zero attached hydrogens (tertiary/aromatic N) is 1. The molecule has 0 bridgehead atoms. The Morgan fingerprint density at radius 2 is 1.50 bits per heavy atom. The molecule has 0 aliphatic heterocycles. The van der Waals surface area contributed by atoms with Gasteiger partial charge in [0.15, 0.2) is 34.7 Å². The van der Waals surface area contributed by atoms with Crippen molar-refractivity contribution in [1.29, 1.82) is 0 Å². The zero-order valence-electron chi connectivity index (χ0n) is 19.3. The maximum Gasteiger partial charge on any atom is 0.338 e. The van der Waals surface area contributed by atoms with Crippen molar-refractivity contribution in [3.63, 3.8) is 0 Å². The minimum Gasteiger partial charge on any atom is -0.493 e. The van der Waals surface area contributed by atoms with Crippen molar-refractivity contribution in [3.8, 4) is 40.0 Å². The van der Waals surface area contributed by atoms with Crippen LogP contribution in [-0.4, -0.2) is 59.0 Å². The summed E-state index contributed by atoms with van der Waals surface area (Å²) >= 11 is 1.24. The van der Waals surface area contributed by atoms with Gasteiger partial charge in [0.05, 0.1) is 46.8 Å². The van der Waals surface area contributed by atoms with Gasteiger partial charge in [-0.3, -0.25) is 10.1 Å². The minimum absolute atomic E-state index is 0.146. The Labute approximate surface area is 200 Å². The highest BCUT2D eigenvalue weighted by molar-refractivity contribution is 7.14. The van der Waals surface area contributed by atoms with Gasteiger partial charge in [0.2, 0.25) is 5.75 Å². The number of anilines is 1. The van der Waals surface area contributed by atoms with Crippen LogP contribution in [-0.2, 0) is 9.53 Å². The van der Waals surface area contributed by atoms with E-state index in [2.05, 4.69) is 10.3 Å². The lowest BCUT2D eigenvalue weighted by Crippen LogP contribution is -2.21. The molecule has 0 atom stereocenters. The molecule has 0 aliphatic rings. The molecule has 3 aromatic rings. The normalized spacial score (nSPS) is 10.3. The standard InChI is InChI=1S/C23H24N2O8S/c1-28-16-7-6-13(8-17(16)29-2)15-12-34-23(24-15)25-20(26)11-33-22(27)14-9-18(30-3)21(32-5)19(10-14)31-4/h6-10,12H,11H2,1-5H3,(H,24,25,26). The molecule has 0 radical (unpaired) electrons. The monoisotopic (exact) mass is 488 g/mol. The average Bonchev–Trinajstić information content (AvgIpc) is 3.33. The smallest absolute Gasteiger partial charge is 0.338 e. The van der Waals surface area contributed by atoms with E-state index in [0.29, 0.717) is 39.6 Å². The number of thiazole rings is 1. The highest BCUT2D eigenvalue weighted by atomic mass is 32.1. The van der Waals surface area contributed by atoms with Crippen molar-refractivity contribution in [2.24, 2.45) is 0 Å². The Kier molecular flexibility index (Phi) is 8.14. The van der Waals surface area contributed by atoms with Crippen molar-refractivity contribution >= 4 is 28.3 Å². The van der Waals surface area contributed by atoms with E-state index in [1.807, 2.05) is 6.07 Å². The lowest BCUT2D eigenvalue weighted by Gasteiger charge is -2.13. The molecule has 1 N–H and O–H groups in total. The third-order valence-electron chi connectivity index (χ3n) is 4.66. The second kappa shape index (κ2) is 11.2. The number of amides is 1. The topological polar surface area (TPSA) is 114 Å². The van der Waals surface area contributed by atoms with Gasteiger partial charge in [0.1, 0.15) is 0 Å². The van der Waals surface area contributed by atoms with Gasteiger partial charge < -0.3 is 28.4 Å². The van der Waals surface area contributed by atoms with E-state index < -0.39 is 18.5 Å². The highest BCUT2D eigenvalue weighted by Gasteiger charge is 2.19. The summed E-state index contributed by atoms with van der Waals surface area (Å²) in [5, 5.41) is 4.77. The first kappa shape index (κ1) is 24.6. The number of nitrogens with one attached hydrogen (secondary N) is 1. The van der Waals surface area contributed by atoms with Gasteiger partial charge in [-0.15, -0.1) is 11.3 Å². The van der Waals surface area contributed by atoms with Crippen LogP contribution in [0.5, 0.6) is 28.7 Å². The average molecular weight is 489 g/mol. The summed E-state index contributed by atoms with van der Waals surface area (Å²) in [6.07, 6.45) is 0. The second-order valence-electron chi connectivity index (χ2n) is 6.65. The van der Waals surface area contributed by atoms with E-state index in [4.69, 9.17) is 28.4 Å². The predicted molar refractivity (Wildman–Crippen MR) is 126 cm³/mol. The van der Waals surface area contributed by atoms with Crippen LogP contribution < -0.4 is 29.0 Å². The zero-order chi connectivity index (χ0) is 24.7. The van der Waals surface area contributed by atoms with E-state index in [1.165, 1.54) is 44.8 Å². The fourth-order valence-electron chi connectivity index (χ4n) is 3.03. The summed E-state index contributed by atoms with van der Waals surface area (Å²) in [4.78, 5) is 29.2. The maximum atomic E-state index is 12.5. The third kappa shape index (κ3) is 5.49. The Hall–Kier alpha value is -3.99. The minimum atomic E-state index is -0.723. The van der Waals surface area contributed by atoms with Crippen LogP contribution in [0.1, 0.15) is 10.4 Å². The Morgan fingerprint density at radius 1 is 0.853 bits per heavy atom. The fraction of sp³-hybridized carbons (Fsp3) is 0.261. The van der Waals surface area contributed by atoms with Gasteiger partial charge in [-0.25, -0.2) is 9.78 Å². The molecule has 0 spiro atoms. The molecule has 0 fully saturated rings. The van der Waals surface area contributed by atoms with E-state index in [9.17, 15) is 9.59 Å². The van der Waals surface area contributed by atoms with Crippen molar-refractivity contribution in [2.45, 2.75) is 0 Å². The first-order valence-electron chi connectivity index (χ1n) is 9.88. The molecule has 0 saturated carbocycles. The van der Waals surface area contributed by atoms with Crippen molar-refractivity contribution in [2.75, 3.05) is 47.5 Å². The van der Waals surface area contributed by atoms with Crippen LogP contribution in [0.3, 0.4) is 0 Å². The molecular formula is C23H24N2O8S. The molecule has 1 heterocycles. The summed E-state index contributed by atoms with van der Waals surface area (Å²) in [6.45, 7) is -0.499. The van der Waals surface area contributed by atoms with Crippen LogP contribution in [0.25, 0.3) is 11.3 Å². The quantitative estimate of drug-likeness (QED) is 0.427. The second-order valence-corrected chi connectivity index (χ2v) is 7.50. The van der Waals surface area contributed by atoms with Crippen LogP contribution >= 0.6 is 11.3 Å². The molecule has 3 rings (SSSR count). The van der Waals surface area contributed by atoms with Crippen LogP contribution in [0, 0.1) is 0 Å². The first-order valence-corrected chi connectivity index (χ1v) is 10.8. The largest absolute Gasteiger partial charge is 0.493 e. The van der Waals surface area contributed by atoms with E-state index >= 15 is 0 Å². The molecule has 2 aromatic carbocycles. The summed E-state index contributed by atoms with van der Waals surface area (Å²) in [6, 6.07) is 8.28. The van der Waals surface area contributed by atoms with Gasteiger partial charge in [0.25, 0.3) is 5.91 Å². The molecule has 11 heteroatoms. The maximum absolute atomic E-state index is 12.5. The van der Waals surface area contributed by atoms with Gasteiger partial charge in [-0.1, -0.05) is 0 Å². The van der Waals surface area contributed by atoms with Crippen molar-refractivity contribution in [3.05, 3.63) is 41.3 Å². The zero-order valence-corrected chi connectivity index (χ0v) is 20.1. The van der Waals surface area contributed by atoms with Crippen LogP contribution in [0.2, 0.25) is 0 Å². The van der Waals surface area contributed by atoms with Gasteiger partial charge in [-0.2, -0.15) is 0 Å². The van der Waals surface area contributed by atoms with Gasteiger partial charge in [-0.05, 0) is 30.3 Å². The lowest BCUT2D eigenvalue weighted by atomic mass is 10.1. The number of esters is 1. The Bertz CT molecular complexity index is 1150. The van der Waals surface area contributed by atoms with Crippen LogP contribution in [0.4, 0.5) is 5.13 Å². The van der Waals surface area contributed by atoms with Crippen molar-refractivity contribution in [1.82, 2.24) is 4.98 Å². The molecule has 0 aliphatic carbocycles. The Morgan fingerprint density at radius 3 is 2.09 bits per heavy atom. The summed E-state index contributed by atoms with van der Waals surface area (Å²) in [7, 11) is 7.43. The number of benzene rings is 2. The molecular weight excluding hydrogens is 464 g/mol. The van der Waals surface area contributed by atoms with E-state index in [-0.39, 0.29) is 5.56 Å². The molecule has 34 heavy (non-hydrogen) atoms. The number of ether oxygens (including phenoxy) is 6. The molecule has 180 valence electrons. The number of rotatable bonds is 10. The van der Waals surface area contributed by atoms with Gasteiger partial charge in [0, 0.05) is 10.9 Å². The summed E-state index contributed by atoms with van der Waals surface area (Å²) < 4.78 is 31.4. The number of carbonyl (C=O) groups is 2. The number of methoxy groups -OCH3 is 5. The number of carbonyl (C=O) groups excluding carboxylic acids is 2. The fourth-order valence-corrected chi connectivity index (χ4v) is 3.76. The van der Waals surface area contributed by atoms with E-state index in [1.54, 1.807) is 31.7 Å². The number of hydrogen-bond acceptors (Lipinski definition) is 10. The first-order chi connectivity index (χ1) is 16.4. The lowest BCUT2D eigenvalue weighted by molar-refractivity contribution is -0.119. The highest BCUT2D eigenvalue weighted by Crippen LogP contribution is 2.38. The third-order valence-corrected chi connectivity index (χ3v) is 5.42. The SMILES string of the molecule is COc1ccc(-c2csc(NC(=O)COC(=O)c3cc(OC)c(OC)c(OC)c3)n2)cc1OC. The van der Waals surface area contributed by atoms with Crippen molar-refractivity contribution < 1.29 is 38.0 Å².